The maximum absolute atomic E-state index is 12.7. The lowest BCUT2D eigenvalue weighted by Crippen LogP contribution is -2.10. The molecule has 1 saturated carbocycles. The summed E-state index contributed by atoms with van der Waals surface area (Å²) in [6.45, 7) is 2.08. The summed E-state index contributed by atoms with van der Waals surface area (Å²) in [5, 5.41) is 8.67. The molecule has 0 radical (unpaired) electrons. The van der Waals surface area contributed by atoms with Gasteiger partial charge in [0.25, 0.3) is 0 Å². The highest BCUT2D eigenvalue weighted by Gasteiger charge is 2.59. The Hall–Kier alpha value is -2.12. The summed E-state index contributed by atoms with van der Waals surface area (Å²) in [4.78, 5) is 0.299. The summed E-state index contributed by atoms with van der Waals surface area (Å²) in [5.41, 5.74) is 2.15. The second kappa shape index (κ2) is 5.58. The number of benzene rings is 2. The quantitative estimate of drug-likeness (QED) is 0.870. The molecule has 0 heterocycles. The minimum absolute atomic E-state index is 0.221. The van der Waals surface area contributed by atoms with Crippen molar-refractivity contribution in [2.24, 2.45) is 5.92 Å². The van der Waals surface area contributed by atoms with E-state index in [1.807, 2.05) is 24.3 Å². The van der Waals surface area contributed by atoms with Gasteiger partial charge in [-0.3, -0.25) is 0 Å². The fourth-order valence-electron chi connectivity index (χ4n) is 2.96. The van der Waals surface area contributed by atoms with E-state index in [2.05, 4.69) is 13.0 Å². The molecule has 1 fully saturated rings. The van der Waals surface area contributed by atoms with Crippen molar-refractivity contribution >= 4 is 9.84 Å². The Morgan fingerprint density at radius 2 is 1.68 bits per heavy atom. The lowest BCUT2D eigenvalue weighted by molar-refractivity contribution is 0.593. The molecule has 112 valence electrons. The minimum atomic E-state index is -3.46. The van der Waals surface area contributed by atoms with E-state index in [9.17, 15) is 13.7 Å². The zero-order chi connectivity index (χ0) is 15.7. The molecule has 0 aromatic heterocycles. The summed E-state index contributed by atoms with van der Waals surface area (Å²) in [6.07, 6.45) is 0.943. The van der Waals surface area contributed by atoms with E-state index in [0.717, 1.165) is 12.0 Å². The largest absolute Gasteiger partial charge is 0.223 e. The number of sulfone groups is 1. The van der Waals surface area contributed by atoms with E-state index >= 15 is 0 Å². The van der Waals surface area contributed by atoms with Gasteiger partial charge in [-0.2, -0.15) is 5.26 Å². The third-order valence-corrected chi connectivity index (χ3v) is 6.54. The lowest BCUT2D eigenvalue weighted by Gasteiger charge is -2.04. The highest BCUT2D eigenvalue weighted by molar-refractivity contribution is 7.92. The molecule has 4 heteroatoms. The van der Waals surface area contributed by atoms with Crippen LogP contribution in [0.1, 0.15) is 24.0 Å². The smallest absolute Gasteiger partial charge is 0.183 e. The molecule has 3 nitrogen and oxygen atoms in total. The van der Waals surface area contributed by atoms with Crippen LogP contribution in [0, 0.1) is 17.2 Å². The van der Waals surface area contributed by atoms with Crippen LogP contribution in [0.5, 0.6) is 0 Å². The molecule has 3 rings (SSSR count). The average Bonchev–Trinajstić information content (AvgIpc) is 3.31. The standard InChI is InChI=1S/C18H17NO2S/c1-2-13-8-10-14(11-9-13)17-16(12-19)18(17)22(20,21)15-6-4-3-5-7-15/h3-11,16-18H,2H2,1H3/t16-,17+,18+/m1/s1. The molecule has 0 aliphatic heterocycles. The van der Waals surface area contributed by atoms with Crippen molar-refractivity contribution in [3.05, 3.63) is 65.7 Å². The normalized spacial score (nSPS) is 23.7. The molecule has 0 spiro atoms. The lowest BCUT2D eigenvalue weighted by atomic mass is 10.1. The van der Waals surface area contributed by atoms with Gasteiger partial charge in [-0.25, -0.2) is 8.42 Å². The molecule has 0 N–H and O–H groups in total. The van der Waals surface area contributed by atoms with Crippen LogP contribution in [0.15, 0.2) is 59.5 Å². The van der Waals surface area contributed by atoms with Crippen molar-refractivity contribution in [1.82, 2.24) is 0 Å². The number of hydrogen-bond donors (Lipinski definition) is 0. The molecule has 0 amide bonds. The van der Waals surface area contributed by atoms with Crippen LogP contribution in [0.3, 0.4) is 0 Å². The van der Waals surface area contributed by atoms with Gasteiger partial charge in [0.15, 0.2) is 9.84 Å². The van der Waals surface area contributed by atoms with Crippen molar-refractivity contribution in [1.29, 1.82) is 5.26 Å². The molecule has 0 saturated heterocycles. The van der Waals surface area contributed by atoms with Crippen LogP contribution in [-0.2, 0) is 16.3 Å². The first kappa shape index (κ1) is 14.8. The van der Waals surface area contributed by atoms with Gasteiger partial charge in [0, 0.05) is 5.92 Å². The average molecular weight is 311 g/mol. The van der Waals surface area contributed by atoms with E-state index in [1.165, 1.54) is 5.56 Å². The van der Waals surface area contributed by atoms with Crippen molar-refractivity contribution in [3.63, 3.8) is 0 Å². The van der Waals surface area contributed by atoms with Gasteiger partial charge in [0.2, 0.25) is 0 Å². The van der Waals surface area contributed by atoms with Crippen LogP contribution in [0.25, 0.3) is 0 Å². The van der Waals surface area contributed by atoms with E-state index < -0.39 is 21.0 Å². The van der Waals surface area contributed by atoms with Gasteiger partial charge in [-0.15, -0.1) is 0 Å². The van der Waals surface area contributed by atoms with Crippen molar-refractivity contribution in [3.8, 4) is 6.07 Å². The summed E-state index contributed by atoms with van der Waals surface area (Å²) < 4.78 is 25.4. The number of nitrogens with zero attached hydrogens (tertiary/aromatic N) is 1. The molecule has 1 aliphatic rings. The Morgan fingerprint density at radius 3 is 2.23 bits per heavy atom. The first-order valence-corrected chi connectivity index (χ1v) is 8.91. The van der Waals surface area contributed by atoms with Crippen LogP contribution in [0.2, 0.25) is 0 Å². The van der Waals surface area contributed by atoms with Gasteiger partial charge in [-0.05, 0) is 29.7 Å². The molecule has 3 atom stereocenters. The highest BCUT2D eigenvalue weighted by atomic mass is 32.2. The Bertz CT molecular complexity index is 804. The fraction of sp³-hybridized carbons (Fsp3) is 0.278. The second-order valence-electron chi connectivity index (χ2n) is 5.60. The molecule has 22 heavy (non-hydrogen) atoms. The second-order valence-corrected chi connectivity index (χ2v) is 7.70. The van der Waals surface area contributed by atoms with Crippen molar-refractivity contribution in [2.45, 2.75) is 29.4 Å². The predicted molar refractivity (Wildman–Crippen MR) is 85.1 cm³/mol. The van der Waals surface area contributed by atoms with E-state index in [-0.39, 0.29) is 5.92 Å². The Balaban J connectivity index is 1.93. The topological polar surface area (TPSA) is 57.9 Å². The summed E-state index contributed by atoms with van der Waals surface area (Å²) >= 11 is 0. The maximum atomic E-state index is 12.7. The number of hydrogen-bond acceptors (Lipinski definition) is 3. The van der Waals surface area contributed by atoms with Crippen molar-refractivity contribution < 1.29 is 8.42 Å². The third-order valence-electron chi connectivity index (χ3n) is 4.31. The van der Waals surface area contributed by atoms with Crippen LogP contribution in [0.4, 0.5) is 0 Å². The summed E-state index contributed by atoms with van der Waals surface area (Å²) in [7, 11) is -3.46. The van der Waals surface area contributed by atoms with Crippen LogP contribution >= 0.6 is 0 Å². The molecular weight excluding hydrogens is 294 g/mol. The summed E-state index contributed by atoms with van der Waals surface area (Å²) in [6, 6.07) is 18.5. The van der Waals surface area contributed by atoms with Crippen molar-refractivity contribution in [2.75, 3.05) is 0 Å². The molecular formula is C18H17NO2S. The van der Waals surface area contributed by atoms with Gasteiger partial charge in [0.05, 0.1) is 22.1 Å². The third kappa shape index (κ3) is 2.42. The molecule has 0 unspecified atom stereocenters. The Labute approximate surface area is 131 Å². The van der Waals surface area contributed by atoms with E-state index in [4.69, 9.17) is 0 Å². The number of rotatable bonds is 4. The number of nitriles is 1. The van der Waals surface area contributed by atoms with Gasteiger partial charge in [0.1, 0.15) is 0 Å². The zero-order valence-corrected chi connectivity index (χ0v) is 13.1. The molecule has 2 aromatic rings. The van der Waals surface area contributed by atoms with Crippen LogP contribution in [-0.4, -0.2) is 13.7 Å². The van der Waals surface area contributed by atoms with Gasteiger partial charge in [-0.1, -0.05) is 49.4 Å². The van der Waals surface area contributed by atoms with Crippen LogP contribution < -0.4 is 0 Å². The van der Waals surface area contributed by atoms with E-state index in [1.54, 1.807) is 30.3 Å². The monoisotopic (exact) mass is 311 g/mol. The fourth-order valence-corrected chi connectivity index (χ4v) is 5.05. The molecule has 1 aliphatic carbocycles. The molecule has 2 aromatic carbocycles. The first-order valence-electron chi connectivity index (χ1n) is 7.37. The number of aryl methyl sites for hydroxylation is 1. The SMILES string of the molecule is CCc1ccc([C@H]2[C@@H](C#N)[C@@H]2S(=O)(=O)c2ccccc2)cc1. The predicted octanol–water partition coefficient (Wildman–Crippen LogP) is 3.33. The Morgan fingerprint density at radius 1 is 1.05 bits per heavy atom. The Kier molecular flexibility index (Phi) is 3.76. The van der Waals surface area contributed by atoms with Gasteiger partial charge >= 0.3 is 0 Å². The highest BCUT2D eigenvalue weighted by Crippen LogP contribution is 2.53. The van der Waals surface area contributed by atoms with Gasteiger partial charge < -0.3 is 0 Å². The van der Waals surface area contributed by atoms with E-state index in [0.29, 0.717) is 4.90 Å². The molecule has 0 bridgehead atoms. The first-order chi connectivity index (χ1) is 10.6. The maximum Gasteiger partial charge on any atom is 0.183 e. The zero-order valence-electron chi connectivity index (χ0n) is 12.3. The minimum Gasteiger partial charge on any atom is -0.223 e. The summed E-state index contributed by atoms with van der Waals surface area (Å²) in [5.74, 6) is -0.682.